The van der Waals surface area contributed by atoms with Crippen LogP contribution in [0.1, 0.15) is 33.1 Å². The van der Waals surface area contributed by atoms with E-state index < -0.39 is 0 Å². The van der Waals surface area contributed by atoms with E-state index in [4.69, 9.17) is 0 Å². The van der Waals surface area contributed by atoms with Crippen molar-refractivity contribution in [2.75, 3.05) is 17.2 Å². The number of unbranched alkanes of at least 4 members (excludes halogenated alkanes) is 1. The number of amides is 1. The molecule has 0 radical (unpaired) electrons. The molecule has 2 N–H and O–H groups in total. The van der Waals surface area contributed by atoms with Crippen LogP contribution in [0.4, 0.5) is 11.5 Å². The number of hydrogen-bond donors (Lipinski definition) is 2. The summed E-state index contributed by atoms with van der Waals surface area (Å²) in [5, 5.41) is 5.97. The Labute approximate surface area is 96.5 Å². The van der Waals surface area contributed by atoms with Crippen LogP contribution in [0.3, 0.4) is 0 Å². The normalized spacial score (nSPS) is 9.88. The third-order valence-electron chi connectivity index (χ3n) is 2.21. The first-order valence-electron chi connectivity index (χ1n) is 5.76. The third kappa shape index (κ3) is 4.29. The van der Waals surface area contributed by atoms with Gasteiger partial charge in [-0.3, -0.25) is 4.79 Å². The molecular weight excluding hydrogens is 202 g/mol. The molecule has 0 fully saturated rings. The molecule has 0 bridgehead atoms. The fourth-order valence-electron chi connectivity index (χ4n) is 1.21. The molecule has 1 amide bonds. The molecule has 0 aliphatic rings. The van der Waals surface area contributed by atoms with Crippen molar-refractivity contribution in [2.45, 2.75) is 33.1 Å². The van der Waals surface area contributed by atoms with Crippen LogP contribution < -0.4 is 10.6 Å². The highest BCUT2D eigenvalue weighted by Gasteiger charge is 1.99. The van der Waals surface area contributed by atoms with E-state index >= 15 is 0 Å². The minimum Gasteiger partial charge on any atom is -0.384 e. The van der Waals surface area contributed by atoms with Gasteiger partial charge in [-0.1, -0.05) is 20.3 Å². The van der Waals surface area contributed by atoms with Gasteiger partial charge in [0, 0.05) is 13.0 Å². The second-order valence-corrected chi connectivity index (χ2v) is 3.61. The van der Waals surface area contributed by atoms with E-state index in [9.17, 15) is 4.79 Å². The van der Waals surface area contributed by atoms with Gasteiger partial charge < -0.3 is 10.6 Å². The Bertz CT molecular complexity index is 322. The predicted molar refractivity (Wildman–Crippen MR) is 66.6 cm³/mol. The quantitative estimate of drug-likeness (QED) is 0.726. The summed E-state index contributed by atoms with van der Waals surface area (Å²) in [5.41, 5.74) is 0.989. The first kappa shape index (κ1) is 12.5. The number of nitrogens with one attached hydrogen (secondary N) is 2. The molecule has 0 saturated heterocycles. The Kier molecular flexibility index (Phi) is 5.32. The molecule has 1 heterocycles. The molecule has 0 spiro atoms. The monoisotopic (exact) mass is 221 g/mol. The summed E-state index contributed by atoms with van der Waals surface area (Å²) in [4.78, 5) is 15.3. The minimum absolute atomic E-state index is 0.0146. The predicted octanol–water partition coefficient (Wildman–Crippen LogP) is 2.64. The van der Waals surface area contributed by atoms with Crippen molar-refractivity contribution in [3.8, 4) is 0 Å². The van der Waals surface area contributed by atoms with Crippen LogP contribution in [0, 0.1) is 0 Å². The van der Waals surface area contributed by atoms with E-state index in [1.54, 1.807) is 6.20 Å². The zero-order chi connectivity index (χ0) is 11.8. The maximum atomic E-state index is 11.1. The molecule has 1 rings (SSSR count). The van der Waals surface area contributed by atoms with Crippen molar-refractivity contribution >= 4 is 17.4 Å². The van der Waals surface area contributed by atoms with Gasteiger partial charge in [-0.05, 0) is 18.6 Å². The molecular formula is C12H19N3O. The van der Waals surface area contributed by atoms with Gasteiger partial charge in [0.25, 0.3) is 0 Å². The fourth-order valence-corrected chi connectivity index (χ4v) is 1.21. The van der Waals surface area contributed by atoms with Gasteiger partial charge in [-0.15, -0.1) is 0 Å². The average Bonchev–Trinajstić information content (AvgIpc) is 2.31. The maximum absolute atomic E-state index is 11.1. The molecule has 16 heavy (non-hydrogen) atoms. The van der Waals surface area contributed by atoms with Gasteiger partial charge in [0.05, 0.1) is 11.9 Å². The molecule has 4 heteroatoms. The van der Waals surface area contributed by atoms with Crippen molar-refractivity contribution in [1.82, 2.24) is 4.98 Å². The largest absolute Gasteiger partial charge is 0.384 e. The SMILES string of the molecule is CCCCNc1ccc(NC(=O)CC)nc1. The van der Waals surface area contributed by atoms with Crippen LogP contribution in [0.5, 0.6) is 0 Å². The molecule has 88 valence electrons. The molecule has 4 nitrogen and oxygen atoms in total. The molecule has 0 aliphatic carbocycles. The van der Waals surface area contributed by atoms with E-state index in [0.717, 1.165) is 18.7 Å². The van der Waals surface area contributed by atoms with E-state index in [1.807, 2.05) is 19.1 Å². The topological polar surface area (TPSA) is 54.0 Å². The van der Waals surface area contributed by atoms with Gasteiger partial charge in [0.2, 0.25) is 5.91 Å². The minimum atomic E-state index is -0.0146. The Morgan fingerprint density at radius 3 is 2.75 bits per heavy atom. The van der Waals surface area contributed by atoms with Crippen molar-refractivity contribution in [1.29, 1.82) is 0 Å². The molecule has 0 aromatic carbocycles. The molecule has 0 aliphatic heterocycles. The summed E-state index contributed by atoms with van der Waals surface area (Å²) < 4.78 is 0. The summed E-state index contributed by atoms with van der Waals surface area (Å²) in [5.74, 6) is 0.590. The standard InChI is InChI=1S/C12H19N3O/c1-3-5-8-13-10-6-7-11(14-9-10)15-12(16)4-2/h6-7,9,13H,3-5,8H2,1-2H3,(H,14,15,16). The first-order valence-corrected chi connectivity index (χ1v) is 5.76. The molecule has 0 atom stereocenters. The number of rotatable bonds is 6. The molecule has 1 aromatic heterocycles. The molecule has 0 saturated carbocycles. The summed E-state index contributed by atoms with van der Waals surface area (Å²) in [6.45, 7) is 4.93. The highest BCUT2D eigenvalue weighted by molar-refractivity contribution is 5.89. The Balaban J connectivity index is 2.44. The zero-order valence-electron chi connectivity index (χ0n) is 9.92. The Hall–Kier alpha value is -1.58. The summed E-state index contributed by atoms with van der Waals surface area (Å²) in [7, 11) is 0. The van der Waals surface area contributed by atoms with E-state index in [2.05, 4.69) is 22.5 Å². The number of pyridine rings is 1. The fraction of sp³-hybridized carbons (Fsp3) is 0.500. The lowest BCUT2D eigenvalue weighted by atomic mass is 10.3. The van der Waals surface area contributed by atoms with Gasteiger partial charge in [-0.25, -0.2) is 4.98 Å². The highest BCUT2D eigenvalue weighted by atomic mass is 16.1. The van der Waals surface area contributed by atoms with Gasteiger partial charge >= 0.3 is 0 Å². The van der Waals surface area contributed by atoms with E-state index in [-0.39, 0.29) is 5.91 Å². The van der Waals surface area contributed by atoms with E-state index in [0.29, 0.717) is 12.2 Å². The van der Waals surface area contributed by atoms with Crippen LogP contribution in [0.15, 0.2) is 18.3 Å². The number of nitrogens with zero attached hydrogens (tertiary/aromatic N) is 1. The van der Waals surface area contributed by atoms with Gasteiger partial charge in [-0.2, -0.15) is 0 Å². The van der Waals surface area contributed by atoms with Crippen molar-refractivity contribution in [3.05, 3.63) is 18.3 Å². The second-order valence-electron chi connectivity index (χ2n) is 3.61. The van der Waals surface area contributed by atoms with Crippen molar-refractivity contribution in [2.24, 2.45) is 0 Å². The lowest BCUT2D eigenvalue weighted by molar-refractivity contribution is -0.115. The number of aromatic nitrogens is 1. The lowest BCUT2D eigenvalue weighted by Crippen LogP contribution is -2.10. The summed E-state index contributed by atoms with van der Waals surface area (Å²) in [6.07, 6.45) is 4.53. The smallest absolute Gasteiger partial charge is 0.225 e. The lowest BCUT2D eigenvalue weighted by Gasteiger charge is -2.06. The summed E-state index contributed by atoms with van der Waals surface area (Å²) >= 11 is 0. The average molecular weight is 221 g/mol. The zero-order valence-corrected chi connectivity index (χ0v) is 9.92. The van der Waals surface area contributed by atoms with Crippen LogP contribution in [-0.2, 0) is 4.79 Å². The van der Waals surface area contributed by atoms with Crippen LogP contribution in [0.2, 0.25) is 0 Å². The second kappa shape index (κ2) is 6.82. The Morgan fingerprint density at radius 2 is 2.19 bits per heavy atom. The van der Waals surface area contributed by atoms with Crippen molar-refractivity contribution in [3.63, 3.8) is 0 Å². The molecule has 1 aromatic rings. The maximum Gasteiger partial charge on any atom is 0.225 e. The summed E-state index contributed by atoms with van der Waals surface area (Å²) in [6, 6.07) is 3.73. The number of anilines is 2. The number of hydrogen-bond acceptors (Lipinski definition) is 3. The number of carbonyl (C=O) groups excluding carboxylic acids is 1. The van der Waals surface area contributed by atoms with E-state index in [1.165, 1.54) is 6.42 Å². The van der Waals surface area contributed by atoms with Crippen LogP contribution in [0.25, 0.3) is 0 Å². The highest BCUT2D eigenvalue weighted by Crippen LogP contribution is 2.09. The van der Waals surface area contributed by atoms with Gasteiger partial charge in [0.1, 0.15) is 5.82 Å². The number of carbonyl (C=O) groups is 1. The van der Waals surface area contributed by atoms with Crippen LogP contribution in [-0.4, -0.2) is 17.4 Å². The third-order valence-corrected chi connectivity index (χ3v) is 2.21. The van der Waals surface area contributed by atoms with Crippen molar-refractivity contribution < 1.29 is 4.79 Å². The Morgan fingerprint density at radius 1 is 1.38 bits per heavy atom. The first-order chi connectivity index (χ1) is 7.76. The van der Waals surface area contributed by atoms with Crippen LogP contribution >= 0.6 is 0 Å². The van der Waals surface area contributed by atoms with Gasteiger partial charge in [0.15, 0.2) is 0 Å². The molecule has 0 unspecified atom stereocenters.